The van der Waals surface area contributed by atoms with Crippen LogP contribution in [0.15, 0.2) is 35.7 Å². The van der Waals surface area contributed by atoms with Gasteiger partial charge < -0.3 is 9.80 Å². The number of carbonyl (C=O) groups is 2. The van der Waals surface area contributed by atoms with E-state index in [1.807, 2.05) is 15.9 Å². The van der Waals surface area contributed by atoms with E-state index in [0.29, 0.717) is 26.2 Å². The van der Waals surface area contributed by atoms with Crippen molar-refractivity contribution in [2.24, 2.45) is 5.92 Å². The monoisotopic (exact) mass is 499 g/mol. The molecule has 2 amide bonds. The van der Waals surface area contributed by atoms with E-state index in [9.17, 15) is 14.0 Å². The minimum absolute atomic E-state index is 0.0948. The van der Waals surface area contributed by atoms with Crippen LogP contribution >= 0.6 is 11.3 Å². The van der Waals surface area contributed by atoms with Gasteiger partial charge in [0, 0.05) is 43.5 Å². The Morgan fingerprint density at radius 3 is 2.66 bits per heavy atom. The fourth-order valence-electron chi connectivity index (χ4n) is 5.48. The van der Waals surface area contributed by atoms with Crippen molar-refractivity contribution in [1.29, 1.82) is 0 Å². The highest BCUT2D eigenvalue weighted by atomic mass is 32.1. The van der Waals surface area contributed by atoms with E-state index < -0.39 is 0 Å². The summed E-state index contributed by atoms with van der Waals surface area (Å²) >= 11 is 1.74. The molecule has 2 unspecified atom stereocenters. The number of nitrogens with zero attached hydrogens (tertiary/aromatic N) is 3. The summed E-state index contributed by atoms with van der Waals surface area (Å²) < 4.78 is 14.1. The van der Waals surface area contributed by atoms with Gasteiger partial charge in [-0.05, 0) is 60.4 Å². The molecule has 1 aromatic heterocycles. The molecule has 2 aromatic rings. The lowest BCUT2D eigenvalue weighted by atomic mass is 9.93. The van der Waals surface area contributed by atoms with Crippen molar-refractivity contribution < 1.29 is 14.0 Å². The average molecular weight is 500 g/mol. The number of rotatable bonds is 8. The van der Waals surface area contributed by atoms with E-state index in [1.54, 1.807) is 23.5 Å². The molecule has 1 aromatic carbocycles. The Bertz CT molecular complexity index is 1010. The molecule has 0 saturated carbocycles. The number of unbranched alkanes of at least 4 members (excludes halogenated alkanes) is 1. The molecule has 0 radical (unpaired) electrons. The molecule has 3 heterocycles. The molecule has 1 fully saturated rings. The van der Waals surface area contributed by atoms with Crippen molar-refractivity contribution >= 4 is 23.2 Å². The zero-order chi connectivity index (χ0) is 24.8. The number of halogens is 1. The first kappa shape index (κ1) is 25.8. The first-order valence-corrected chi connectivity index (χ1v) is 14.0. The SMILES string of the molecule is CCCCC(CC)C(=O)N1CCCN(C(=O)CN2CCc3sccc3C2c2cccc(F)c2)CC1. The van der Waals surface area contributed by atoms with E-state index >= 15 is 0 Å². The molecule has 7 heteroatoms. The molecule has 0 spiro atoms. The maximum absolute atomic E-state index is 14.1. The van der Waals surface area contributed by atoms with Crippen LogP contribution in [0.3, 0.4) is 0 Å². The average Bonchev–Trinajstić information content (AvgIpc) is 3.19. The molecule has 0 N–H and O–H groups in total. The van der Waals surface area contributed by atoms with Crippen LogP contribution in [-0.4, -0.2) is 65.8 Å². The predicted molar refractivity (Wildman–Crippen MR) is 139 cm³/mol. The van der Waals surface area contributed by atoms with Gasteiger partial charge in [0.25, 0.3) is 0 Å². The largest absolute Gasteiger partial charge is 0.341 e. The Balaban J connectivity index is 1.42. The zero-order valence-corrected chi connectivity index (χ0v) is 21.9. The number of hydrogen-bond acceptors (Lipinski definition) is 4. The Hall–Kier alpha value is -2.25. The molecule has 0 aliphatic carbocycles. The summed E-state index contributed by atoms with van der Waals surface area (Å²) in [6.45, 7) is 7.92. The topological polar surface area (TPSA) is 43.9 Å². The van der Waals surface area contributed by atoms with Crippen LogP contribution in [0.1, 0.15) is 68.0 Å². The number of benzene rings is 1. The number of fused-ring (bicyclic) bond motifs is 1. The molecule has 190 valence electrons. The van der Waals surface area contributed by atoms with Gasteiger partial charge in [-0.15, -0.1) is 11.3 Å². The van der Waals surface area contributed by atoms with Crippen LogP contribution in [0.2, 0.25) is 0 Å². The van der Waals surface area contributed by atoms with E-state index in [0.717, 1.165) is 57.2 Å². The quantitative estimate of drug-likeness (QED) is 0.507. The minimum Gasteiger partial charge on any atom is -0.341 e. The Morgan fingerprint density at radius 1 is 1.09 bits per heavy atom. The van der Waals surface area contributed by atoms with Crippen molar-refractivity contribution in [2.75, 3.05) is 39.3 Å². The van der Waals surface area contributed by atoms with Gasteiger partial charge in [0.15, 0.2) is 0 Å². The van der Waals surface area contributed by atoms with Crippen LogP contribution in [-0.2, 0) is 16.0 Å². The van der Waals surface area contributed by atoms with Crippen LogP contribution in [0.4, 0.5) is 4.39 Å². The van der Waals surface area contributed by atoms with Crippen molar-refractivity contribution in [1.82, 2.24) is 14.7 Å². The molecule has 2 atom stereocenters. The Morgan fingerprint density at radius 2 is 1.89 bits per heavy atom. The maximum atomic E-state index is 14.1. The lowest BCUT2D eigenvalue weighted by Crippen LogP contribution is -2.45. The second-order valence-corrected chi connectivity index (χ2v) is 10.8. The molecule has 35 heavy (non-hydrogen) atoms. The van der Waals surface area contributed by atoms with Gasteiger partial charge in [-0.3, -0.25) is 14.5 Å². The van der Waals surface area contributed by atoms with Crippen LogP contribution in [0.5, 0.6) is 0 Å². The molecule has 1 saturated heterocycles. The first-order chi connectivity index (χ1) is 17.0. The lowest BCUT2D eigenvalue weighted by molar-refractivity contribution is -0.137. The molecular formula is C28H38FN3O2S. The highest BCUT2D eigenvalue weighted by Gasteiger charge is 2.33. The van der Waals surface area contributed by atoms with Crippen LogP contribution in [0, 0.1) is 11.7 Å². The van der Waals surface area contributed by atoms with Crippen LogP contribution in [0.25, 0.3) is 0 Å². The van der Waals surface area contributed by atoms with Gasteiger partial charge in [0.05, 0.1) is 12.6 Å². The standard InChI is InChI=1S/C28H38FN3O2S/c1-3-5-8-21(4-2)28(34)31-14-7-13-30(16-17-31)26(33)20-32-15-11-25-24(12-18-35-25)27(32)22-9-6-10-23(29)19-22/h6,9-10,12,18-19,21,27H,3-5,7-8,11,13-17,20H2,1-2H3. The van der Waals surface area contributed by atoms with Crippen molar-refractivity contribution in [3.05, 3.63) is 57.5 Å². The van der Waals surface area contributed by atoms with E-state index in [2.05, 4.69) is 30.2 Å². The zero-order valence-electron chi connectivity index (χ0n) is 21.0. The third-order valence-electron chi connectivity index (χ3n) is 7.48. The second kappa shape index (κ2) is 12.1. The first-order valence-electron chi connectivity index (χ1n) is 13.1. The summed E-state index contributed by atoms with van der Waals surface area (Å²) in [6.07, 6.45) is 5.72. The van der Waals surface area contributed by atoms with Gasteiger partial charge in [-0.2, -0.15) is 0 Å². The smallest absolute Gasteiger partial charge is 0.236 e. The fourth-order valence-corrected chi connectivity index (χ4v) is 6.38. The molecule has 2 aliphatic rings. The highest BCUT2D eigenvalue weighted by molar-refractivity contribution is 7.10. The number of hydrogen-bond donors (Lipinski definition) is 0. The van der Waals surface area contributed by atoms with E-state index in [1.165, 1.54) is 16.5 Å². The normalized spacial score (nSPS) is 19.8. The molecule has 2 aliphatic heterocycles. The lowest BCUT2D eigenvalue weighted by Gasteiger charge is -2.37. The third kappa shape index (κ3) is 6.12. The van der Waals surface area contributed by atoms with Gasteiger partial charge in [0.1, 0.15) is 5.82 Å². The highest BCUT2D eigenvalue weighted by Crippen LogP contribution is 2.37. The van der Waals surface area contributed by atoms with Crippen molar-refractivity contribution in [3.63, 3.8) is 0 Å². The van der Waals surface area contributed by atoms with Gasteiger partial charge in [-0.25, -0.2) is 4.39 Å². The van der Waals surface area contributed by atoms with Gasteiger partial charge in [-0.1, -0.05) is 38.8 Å². The summed E-state index contributed by atoms with van der Waals surface area (Å²) in [5.74, 6) is 0.190. The summed E-state index contributed by atoms with van der Waals surface area (Å²) in [5, 5.41) is 2.09. The van der Waals surface area contributed by atoms with Crippen molar-refractivity contribution in [2.45, 2.75) is 58.4 Å². The molecule has 4 rings (SSSR count). The maximum Gasteiger partial charge on any atom is 0.236 e. The molecule has 0 bridgehead atoms. The summed E-state index contributed by atoms with van der Waals surface area (Å²) in [6, 6.07) is 8.76. The number of thiophene rings is 1. The Labute approximate surface area is 212 Å². The van der Waals surface area contributed by atoms with Gasteiger partial charge >= 0.3 is 0 Å². The predicted octanol–water partition coefficient (Wildman–Crippen LogP) is 5.11. The number of carbonyl (C=O) groups excluding carboxylic acids is 2. The van der Waals surface area contributed by atoms with E-state index in [-0.39, 0.29) is 29.6 Å². The third-order valence-corrected chi connectivity index (χ3v) is 8.47. The second-order valence-electron chi connectivity index (χ2n) is 9.78. The summed E-state index contributed by atoms with van der Waals surface area (Å²) in [7, 11) is 0. The summed E-state index contributed by atoms with van der Waals surface area (Å²) in [4.78, 5) is 33.9. The Kier molecular flexibility index (Phi) is 8.95. The summed E-state index contributed by atoms with van der Waals surface area (Å²) in [5.41, 5.74) is 2.08. The van der Waals surface area contributed by atoms with Crippen LogP contribution < -0.4 is 0 Å². The van der Waals surface area contributed by atoms with Crippen molar-refractivity contribution in [3.8, 4) is 0 Å². The molecular weight excluding hydrogens is 461 g/mol. The molecule has 5 nitrogen and oxygen atoms in total. The van der Waals surface area contributed by atoms with Gasteiger partial charge in [0.2, 0.25) is 11.8 Å². The fraction of sp³-hybridized carbons (Fsp3) is 0.571. The number of amides is 2. The minimum atomic E-state index is -0.252. The van der Waals surface area contributed by atoms with E-state index in [4.69, 9.17) is 0 Å².